The highest BCUT2D eigenvalue weighted by atomic mass is 16.5. The van der Waals surface area contributed by atoms with E-state index in [1.165, 1.54) is 0 Å². The summed E-state index contributed by atoms with van der Waals surface area (Å²) in [5.41, 5.74) is 0. The first-order valence-corrected chi connectivity index (χ1v) is 5.01. The zero-order valence-corrected chi connectivity index (χ0v) is 8.31. The molecule has 2 atom stereocenters. The highest BCUT2D eigenvalue weighted by molar-refractivity contribution is 6.05. The molecule has 0 saturated carbocycles. The van der Waals surface area contributed by atoms with Gasteiger partial charge in [-0.2, -0.15) is 0 Å². The maximum atomic E-state index is 11.4. The normalized spacial score (nSPS) is 33.1. The summed E-state index contributed by atoms with van der Waals surface area (Å²) in [4.78, 5) is 24.3. The molecule has 2 rings (SSSR count). The van der Waals surface area contributed by atoms with Crippen LogP contribution in [-0.4, -0.2) is 60.3 Å². The average molecular weight is 214 g/mol. The lowest BCUT2D eigenvalue weighted by Crippen LogP contribution is -2.51. The molecule has 2 unspecified atom stereocenters. The number of morpholine rings is 1. The summed E-state index contributed by atoms with van der Waals surface area (Å²) in [6.07, 6.45) is -0.0287. The first-order chi connectivity index (χ1) is 7.20. The van der Waals surface area contributed by atoms with Crippen molar-refractivity contribution in [2.45, 2.75) is 18.6 Å². The van der Waals surface area contributed by atoms with Gasteiger partial charge in [0, 0.05) is 13.1 Å². The van der Waals surface area contributed by atoms with E-state index in [-0.39, 0.29) is 37.0 Å². The second-order valence-electron chi connectivity index (χ2n) is 3.80. The van der Waals surface area contributed by atoms with Gasteiger partial charge in [0.25, 0.3) is 0 Å². The molecule has 2 fully saturated rings. The molecule has 2 aliphatic heterocycles. The van der Waals surface area contributed by atoms with E-state index in [9.17, 15) is 9.59 Å². The minimum atomic E-state index is -0.379. The van der Waals surface area contributed by atoms with E-state index in [0.29, 0.717) is 19.7 Å². The summed E-state index contributed by atoms with van der Waals surface area (Å²) in [5.74, 6) is -0.462. The minimum Gasteiger partial charge on any atom is -0.394 e. The number of hydrogen-bond acceptors (Lipinski definition) is 5. The fraction of sp³-hybridized carbons (Fsp3) is 0.778. The summed E-state index contributed by atoms with van der Waals surface area (Å²) < 4.78 is 5.27. The minimum absolute atomic E-state index is 0.0568. The molecular formula is C9H14N2O4. The number of aliphatic hydroxyl groups excluding tert-OH is 1. The van der Waals surface area contributed by atoms with Gasteiger partial charge < -0.3 is 9.84 Å². The summed E-state index contributed by atoms with van der Waals surface area (Å²) in [6.45, 7) is 1.56. The highest BCUT2D eigenvalue weighted by Gasteiger charge is 2.37. The van der Waals surface area contributed by atoms with Crippen molar-refractivity contribution in [1.29, 1.82) is 0 Å². The van der Waals surface area contributed by atoms with Gasteiger partial charge in [0.15, 0.2) is 0 Å². The van der Waals surface area contributed by atoms with E-state index in [1.807, 2.05) is 4.90 Å². The number of hydrogen-bond donors (Lipinski definition) is 2. The Bertz CT molecular complexity index is 281. The number of rotatable bonds is 2. The number of carbonyl (C=O) groups excluding carboxylic acids is 2. The maximum Gasteiger partial charge on any atom is 0.244 e. The first kappa shape index (κ1) is 10.5. The second-order valence-corrected chi connectivity index (χ2v) is 3.80. The van der Waals surface area contributed by atoms with E-state index >= 15 is 0 Å². The quantitative estimate of drug-likeness (QED) is 0.525. The molecule has 0 spiro atoms. The Balaban J connectivity index is 1.98. The summed E-state index contributed by atoms with van der Waals surface area (Å²) in [7, 11) is 0. The van der Waals surface area contributed by atoms with E-state index in [1.54, 1.807) is 0 Å². The maximum absolute atomic E-state index is 11.4. The third kappa shape index (κ3) is 2.17. The Morgan fingerprint density at radius 1 is 1.53 bits per heavy atom. The van der Waals surface area contributed by atoms with Crippen LogP contribution < -0.4 is 5.32 Å². The molecular weight excluding hydrogens is 200 g/mol. The molecule has 0 aromatic rings. The molecule has 0 aromatic carbocycles. The molecule has 84 valence electrons. The monoisotopic (exact) mass is 214 g/mol. The van der Waals surface area contributed by atoms with Crippen LogP contribution in [0.2, 0.25) is 0 Å². The van der Waals surface area contributed by atoms with Gasteiger partial charge in [0.1, 0.15) is 0 Å². The fourth-order valence-electron chi connectivity index (χ4n) is 1.97. The molecule has 2 amide bonds. The number of carbonyl (C=O) groups is 2. The smallest absolute Gasteiger partial charge is 0.244 e. The predicted molar refractivity (Wildman–Crippen MR) is 50.0 cm³/mol. The number of nitrogens with zero attached hydrogens (tertiary/aromatic N) is 1. The molecule has 0 bridgehead atoms. The topological polar surface area (TPSA) is 78.9 Å². The summed E-state index contributed by atoms with van der Waals surface area (Å²) >= 11 is 0. The number of ether oxygens (including phenoxy) is 1. The molecule has 2 N–H and O–H groups in total. The molecule has 0 aromatic heterocycles. The summed E-state index contributed by atoms with van der Waals surface area (Å²) in [5, 5.41) is 11.2. The lowest BCUT2D eigenvalue weighted by atomic mass is 10.1. The SMILES string of the molecule is O=C1CC(N2CCOC(CO)C2)C(=O)N1. The Kier molecular flexibility index (Phi) is 2.99. The van der Waals surface area contributed by atoms with Crippen LogP contribution in [0.15, 0.2) is 0 Å². The summed E-state index contributed by atoms with van der Waals surface area (Å²) in [6, 6.07) is -0.379. The van der Waals surface area contributed by atoms with Crippen LogP contribution in [0.5, 0.6) is 0 Å². The van der Waals surface area contributed by atoms with Crippen LogP contribution in [0.25, 0.3) is 0 Å². The average Bonchev–Trinajstić information content (AvgIpc) is 2.58. The largest absolute Gasteiger partial charge is 0.394 e. The third-order valence-electron chi connectivity index (χ3n) is 2.76. The number of nitrogens with one attached hydrogen (secondary N) is 1. The van der Waals surface area contributed by atoms with Gasteiger partial charge in [-0.15, -0.1) is 0 Å². The standard InChI is InChI=1S/C9H14N2O4/c12-5-6-4-11(1-2-15-6)7-3-8(13)10-9(7)14/h6-7,12H,1-5H2,(H,10,13,14). The van der Waals surface area contributed by atoms with E-state index in [4.69, 9.17) is 9.84 Å². The van der Waals surface area contributed by atoms with Crippen LogP contribution in [0, 0.1) is 0 Å². The van der Waals surface area contributed by atoms with Crippen LogP contribution in [0.4, 0.5) is 0 Å². The van der Waals surface area contributed by atoms with Crippen LogP contribution >= 0.6 is 0 Å². The molecule has 6 nitrogen and oxygen atoms in total. The van der Waals surface area contributed by atoms with Crippen molar-refractivity contribution in [3.63, 3.8) is 0 Å². The Labute approximate surface area is 87.2 Å². The molecule has 15 heavy (non-hydrogen) atoms. The van der Waals surface area contributed by atoms with Gasteiger partial charge in [-0.1, -0.05) is 0 Å². The van der Waals surface area contributed by atoms with Gasteiger partial charge in [-0.05, 0) is 0 Å². The van der Waals surface area contributed by atoms with Crippen molar-refractivity contribution in [1.82, 2.24) is 10.2 Å². The third-order valence-corrected chi connectivity index (χ3v) is 2.76. The predicted octanol–water partition coefficient (Wildman–Crippen LogP) is -1.91. The van der Waals surface area contributed by atoms with Gasteiger partial charge in [-0.3, -0.25) is 19.8 Å². The van der Waals surface area contributed by atoms with E-state index in [0.717, 1.165) is 0 Å². The number of imide groups is 1. The van der Waals surface area contributed by atoms with Gasteiger partial charge in [0.05, 0.1) is 31.8 Å². The molecule has 6 heteroatoms. The van der Waals surface area contributed by atoms with Crippen molar-refractivity contribution >= 4 is 11.8 Å². The van der Waals surface area contributed by atoms with Crippen molar-refractivity contribution in [3.8, 4) is 0 Å². The highest BCUT2D eigenvalue weighted by Crippen LogP contribution is 2.15. The Morgan fingerprint density at radius 3 is 2.93 bits per heavy atom. The van der Waals surface area contributed by atoms with E-state index < -0.39 is 0 Å². The van der Waals surface area contributed by atoms with E-state index in [2.05, 4.69) is 5.32 Å². The van der Waals surface area contributed by atoms with Gasteiger partial charge in [-0.25, -0.2) is 0 Å². The Hall–Kier alpha value is -0.980. The van der Waals surface area contributed by atoms with Crippen molar-refractivity contribution in [3.05, 3.63) is 0 Å². The van der Waals surface area contributed by atoms with Gasteiger partial charge in [0.2, 0.25) is 11.8 Å². The fourth-order valence-corrected chi connectivity index (χ4v) is 1.97. The molecule has 0 aliphatic carbocycles. The first-order valence-electron chi connectivity index (χ1n) is 5.01. The zero-order chi connectivity index (χ0) is 10.8. The molecule has 2 aliphatic rings. The number of aliphatic hydroxyl groups is 1. The van der Waals surface area contributed by atoms with Crippen LogP contribution in [0.3, 0.4) is 0 Å². The Morgan fingerprint density at radius 2 is 2.33 bits per heavy atom. The molecule has 2 heterocycles. The lowest BCUT2D eigenvalue weighted by Gasteiger charge is -2.34. The molecule has 0 radical (unpaired) electrons. The second kappa shape index (κ2) is 4.26. The van der Waals surface area contributed by atoms with Crippen molar-refractivity contribution in [2.75, 3.05) is 26.3 Å². The van der Waals surface area contributed by atoms with Crippen LogP contribution in [-0.2, 0) is 14.3 Å². The van der Waals surface area contributed by atoms with Crippen molar-refractivity contribution in [2.24, 2.45) is 0 Å². The molecule has 2 saturated heterocycles. The van der Waals surface area contributed by atoms with Gasteiger partial charge >= 0.3 is 0 Å². The zero-order valence-electron chi connectivity index (χ0n) is 8.31. The van der Waals surface area contributed by atoms with Crippen LogP contribution in [0.1, 0.15) is 6.42 Å². The number of amides is 2. The lowest BCUT2D eigenvalue weighted by molar-refractivity contribution is -0.128. The van der Waals surface area contributed by atoms with Crippen molar-refractivity contribution < 1.29 is 19.4 Å².